The SMILES string of the molecule is CNC(=O)CO[C@H]1C(OC)[C@@H](COC)O[C@H]1c1cc(C)c(F)cc1F. The highest BCUT2D eigenvalue weighted by Gasteiger charge is 2.47. The zero-order valence-electron chi connectivity index (χ0n) is 14.7. The summed E-state index contributed by atoms with van der Waals surface area (Å²) in [7, 11) is 4.47. The number of rotatable bonds is 7. The summed E-state index contributed by atoms with van der Waals surface area (Å²) in [5, 5.41) is 2.45. The van der Waals surface area contributed by atoms with Gasteiger partial charge in [0.2, 0.25) is 5.91 Å². The van der Waals surface area contributed by atoms with Crippen LogP contribution in [-0.2, 0) is 23.7 Å². The van der Waals surface area contributed by atoms with E-state index >= 15 is 0 Å². The van der Waals surface area contributed by atoms with Crippen LogP contribution in [0.5, 0.6) is 0 Å². The molecule has 0 bridgehead atoms. The fourth-order valence-corrected chi connectivity index (χ4v) is 2.89. The van der Waals surface area contributed by atoms with Gasteiger partial charge in [-0.05, 0) is 18.6 Å². The van der Waals surface area contributed by atoms with Crippen molar-refractivity contribution in [1.82, 2.24) is 5.32 Å². The summed E-state index contributed by atoms with van der Waals surface area (Å²) in [6, 6.07) is 2.20. The van der Waals surface area contributed by atoms with Crippen LogP contribution in [-0.4, -0.2) is 58.7 Å². The van der Waals surface area contributed by atoms with Crippen LogP contribution in [0, 0.1) is 18.6 Å². The number of carbonyl (C=O) groups excluding carboxylic acids is 1. The first kappa shape index (κ1) is 19.7. The summed E-state index contributed by atoms with van der Waals surface area (Å²) in [4.78, 5) is 11.5. The molecule has 0 saturated carbocycles. The molecule has 0 aliphatic carbocycles. The van der Waals surface area contributed by atoms with Crippen molar-refractivity contribution in [2.45, 2.75) is 31.3 Å². The molecule has 1 aromatic rings. The Morgan fingerprint density at radius 2 is 1.96 bits per heavy atom. The quantitative estimate of drug-likeness (QED) is 0.799. The predicted octanol–water partition coefficient (Wildman–Crippen LogP) is 1.51. The van der Waals surface area contributed by atoms with Gasteiger partial charge in [0.15, 0.2) is 0 Å². The molecule has 0 aromatic heterocycles. The molecular formula is C17H23F2NO5. The van der Waals surface area contributed by atoms with Gasteiger partial charge in [-0.25, -0.2) is 8.78 Å². The maximum atomic E-state index is 14.3. The maximum absolute atomic E-state index is 14.3. The van der Waals surface area contributed by atoms with Gasteiger partial charge in [-0.15, -0.1) is 0 Å². The van der Waals surface area contributed by atoms with Crippen LogP contribution in [0.15, 0.2) is 12.1 Å². The molecule has 25 heavy (non-hydrogen) atoms. The Morgan fingerprint density at radius 1 is 1.24 bits per heavy atom. The lowest BCUT2D eigenvalue weighted by Crippen LogP contribution is -2.39. The number of hydrogen-bond acceptors (Lipinski definition) is 5. The summed E-state index contributed by atoms with van der Waals surface area (Å²) in [5.74, 6) is -1.71. The van der Waals surface area contributed by atoms with E-state index in [4.69, 9.17) is 18.9 Å². The van der Waals surface area contributed by atoms with Crippen LogP contribution in [0.1, 0.15) is 17.2 Å². The first-order valence-corrected chi connectivity index (χ1v) is 7.87. The molecule has 1 N–H and O–H groups in total. The van der Waals surface area contributed by atoms with Crippen LogP contribution in [0.4, 0.5) is 8.78 Å². The molecule has 0 spiro atoms. The number of aryl methyl sites for hydroxylation is 1. The third-order valence-corrected chi connectivity index (χ3v) is 4.18. The number of likely N-dealkylation sites (N-methyl/N-ethyl adjacent to an activating group) is 1. The normalized spacial score (nSPS) is 26.0. The number of amides is 1. The second kappa shape index (κ2) is 8.66. The minimum atomic E-state index is -0.853. The molecule has 1 unspecified atom stereocenters. The number of methoxy groups -OCH3 is 2. The van der Waals surface area contributed by atoms with E-state index < -0.39 is 36.1 Å². The van der Waals surface area contributed by atoms with Crippen LogP contribution in [0.25, 0.3) is 0 Å². The van der Waals surface area contributed by atoms with Crippen molar-refractivity contribution < 1.29 is 32.5 Å². The minimum absolute atomic E-state index is 0.154. The number of ether oxygens (including phenoxy) is 4. The molecule has 0 radical (unpaired) electrons. The maximum Gasteiger partial charge on any atom is 0.245 e. The number of halogens is 2. The summed E-state index contributed by atoms with van der Waals surface area (Å²) >= 11 is 0. The van der Waals surface area contributed by atoms with Crippen molar-refractivity contribution in [1.29, 1.82) is 0 Å². The molecule has 1 saturated heterocycles. The second-order valence-electron chi connectivity index (χ2n) is 5.82. The summed E-state index contributed by atoms with van der Waals surface area (Å²) in [5.41, 5.74) is 0.440. The molecule has 1 aliphatic rings. The van der Waals surface area contributed by atoms with E-state index in [2.05, 4.69) is 5.32 Å². The zero-order valence-corrected chi connectivity index (χ0v) is 14.7. The Labute approximate surface area is 145 Å². The van der Waals surface area contributed by atoms with Gasteiger partial charge in [0, 0.05) is 32.9 Å². The van der Waals surface area contributed by atoms with Crippen molar-refractivity contribution in [3.8, 4) is 0 Å². The summed E-state index contributed by atoms with van der Waals surface area (Å²) < 4.78 is 50.0. The van der Waals surface area contributed by atoms with Crippen molar-refractivity contribution >= 4 is 5.91 Å². The van der Waals surface area contributed by atoms with E-state index in [1.807, 2.05) is 0 Å². The molecule has 1 aromatic carbocycles. The van der Waals surface area contributed by atoms with E-state index in [9.17, 15) is 13.6 Å². The van der Waals surface area contributed by atoms with Gasteiger partial charge in [0.05, 0.1) is 6.61 Å². The molecule has 1 heterocycles. The average Bonchev–Trinajstić information content (AvgIpc) is 2.93. The fourth-order valence-electron chi connectivity index (χ4n) is 2.89. The van der Waals surface area contributed by atoms with E-state index in [0.29, 0.717) is 0 Å². The molecule has 6 nitrogen and oxygen atoms in total. The fraction of sp³-hybridized carbons (Fsp3) is 0.588. The number of nitrogens with one attached hydrogen (secondary N) is 1. The predicted molar refractivity (Wildman–Crippen MR) is 85.2 cm³/mol. The van der Waals surface area contributed by atoms with Crippen molar-refractivity contribution in [3.05, 3.63) is 34.9 Å². The van der Waals surface area contributed by atoms with Crippen molar-refractivity contribution in [2.24, 2.45) is 0 Å². The number of carbonyl (C=O) groups is 1. The molecular weight excluding hydrogens is 336 g/mol. The first-order valence-electron chi connectivity index (χ1n) is 7.87. The highest BCUT2D eigenvalue weighted by atomic mass is 19.1. The van der Waals surface area contributed by atoms with Gasteiger partial charge in [0.1, 0.15) is 42.7 Å². The number of benzene rings is 1. The Balaban J connectivity index is 2.34. The average molecular weight is 359 g/mol. The summed E-state index contributed by atoms with van der Waals surface area (Å²) in [6.45, 7) is 1.51. The highest BCUT2D eigenvalue weighted by Crippen LogP contribution is 2.38. The zero-order chi connectivity index (χ0) is 18.6. The lowest BCUT2D eigenvalue weighted by atomic mass is 9.99. The van der Waals surface area contributed by atoms with E-state index in [1.165, 1.54) is 34.3 Å². The first-order chi connectivity index (χ1) is 11.9. The van der Waals surface area contributed by atoms with Crippen molar-refractivity contribution in [3.63, 3.8) is 0 Å². The van der Waals surface area contributed by atoms with Crippen molar-refractivity contribution in [2.75, 3.05) is 34.5 Å². The van der Waals surface area contributed by atoms with E-state index in [0.717, 1.165) is 6.07 Å². The minimum Gasteiger partial charge on any atom is -0.382 e. The van der Waals surface area contributed by atoms with Crippen LogP contribution in [0.3, 0.4) is 0 Å². The summed E-state index contributed by atoms with van der Waals surface area (Å²) in [6.07, 6.45) is -2.69. The van der Waals surface area contributed by atoms with Gasteiger partial charge >= 0.3 is 0 Å². The Kier molecular flexibility index (Phi) is 6.83. The molecule has 1 amide bonds. The topological polar surface area (TPSA) is 66.0 Å². The Morgan fingerprint density at radius 3 is 2.56 bits per heavy atom. The standard InChI is InChI=1S/C17H23F2NO5/c1-9-5-10(12(19)6-11(9)18)15-17(24-8-14(21)20-2)16(23-4)13(25-15)7-22-3/h5-6,13,15-17H,7-8H2,1-4H3,(H,20,21)/t13-,15+,16?,17-/m1/s1. The van der Waals surface area contributed by atoms with Gasteiger partial charge in [-0.2, -0.15) is 0 Å². The lowest BCUT2D eigenvalue weighted by Gasteiger charge is -2.23. The van der Waals surface area contributed by atoms with Gasteiger partial charge in [0.25, 0.3) is 0 Å². The number of hydrogen-bond donors (Lipinski definition) is 1. The van der Waals surface area contributed by atoms with Crippen LogP contribution < -0.4 is 5.32 Å². The van der Waals surface area contributed by atoms with Gasteiger partial charge in [-0.1, -0.05) is 0 Å². The second-order valence-corrected chi connectivity index (χ2v) is 5.82. The molecule has 4 atom stereocenters. The van der Waals surface area contributed by atoms with E-state index in [-0.39, 0.29) is 30.2 Å². The molecule has 2 rings (SSSR count). The molecule has 1 aliphatic heterocycles. The van der Waals surface area contributed by atoms with Crippen LogP contribution >= 0.6 is 0 Å². The Bertz CT molecular complexity index is 613. The van der Waals surface area contributed by atoms with Gasteiger partial charge in [-0.3, -0.25) is 4.79 Å². The molecule has 140 valence electrons. The van der Waals surface area contributed by atoms with Gasteiger partial charge < -0.3 is 24.3 Å². The highest BCUT2D eigenvalue weighted by molar-refractivity contribution is 5.76. The molecule has 1 fully saturated rings. The largest absolute Gasteiger partial charge is 0.382 e. The van der Waals surface area contributed by atoms with Crippen LogP contribution in [0.2, 0.25) is 0 Å². The smallest absolute Gasteiger partial charge is 0.245 e. The third kappa shape index (κ3) is 4.33. The van der Waals surface area contributed by atoms with E-state index in [1.54, 1.807) is 0 Å². The Hall–Kier alpha value is -1.61. The monoisotopic (exact) mass is 359 g/mol. The third-order valence-electron chi connectivity index (χ3n) is 4.18. The lowest BCUT2D eigenvalue weighted by molar-refractivity contribution is -0.131. The molecule has 8 heteroatoms.